The molecule has 27 heavy (non-hydrogen) atoms. The fourth-order valence-corrected chi connectivity index (χ4v) is 3.68. The molecule has 5 nitrogen and oxygen atoms in total. The number of phenols is 1. The van der Waals surface area contributed by atoms with Gasteiger partial charge in [0, 0.05) is 23.1 Å². The maximum atomic E-state index is 12.7. The summed E-state index contributed by atoms with van der Waals surface area (Å²) in [5, 5.41) is 13.9. The van der Waals surface area contributed by atoms with E-state index in [1.807, 2.05) is 37.4 Å². The maximum absolute atomic E-state index is 12.7. The number of para-hydroxylation sites is 1. The molecule has 3 aromatic rings. The lowest BCUT2D eigenvalue weighted by Gasteiger charge is -2.20. The highest BCUT2D eigenvalue weighted by molar-refractivity contribution is 5.96. The first-order chi connectivity index (χ1) is 13.1. The summed E-state index contributed by atoms with van der Waals surface area (Å²) < 4.78 is 5.66. The van der Waals surface area contributed by atoms with Gasteiger partial charge in [-0.15, -0.1) is 0 Å². The molecule has 138 valence electrons. The molecule has 1 aromatic heterocycles. The number of hydrogen-bond donors (Lipinski definition) is 2. The number of hydrogen-bond acceptors (Lipinski definition) is 4. The Hall–Kier alpha value is -2.92. The van der Waals surface area contributed by atoms with Crippen LogP contribution in [0.2, 0.25) is 0 Å². The minimum absolute atomic E-state index is 0.0637. The van der Waals surface area contributed by atoms with E-state index in [4.69, 9.17) is 4.74 Å². The molecule has 0 saturated carbocycles. The van der Waals surface area contributed by atoms with Crippen LogP contribution in [-0.2, 0) is 11.2 Å². The number of phenolic OH excluding ortho intramolecular Hbond substituents is 1. The summed E-state index contributed by atoms with van der Waals surface area (Å²) >= 11 is 0. The van der Waals surface area contributed by atoms with E-state index in [2.05, 4.69) is 16.4 Å². The number of ether oxygens (including phenoxy) is 1. The highest BCUT2D eigenvalue weighted by atomic mass is 16.5. The predicted octanol–water partition coefficient (Wildman–Crippen LogP) is 3.24. The lowest BCUT2D eigenvalue weighted by molar-refractivity contribution is 0.0924. The van der Waals surface area contributed by atoms with Crippen LogP contribution in [0.1, 0.15) is 21.5 Å². The number of nitrogens with one attached hydrogen (secondary N) is 1. The molecule has 4 rings (SSSR count). The van der Waals surface area contributed by atoms with Crippen LogP contribution in [-0.4, -0.2) is 35.3 Å². The van der Waals surface area contributed by atoms with Gasteiger partial charge in [0.25, 0.3) is 5.91 Å². The number of benzene rings is 2. The molecule has 1 fully saturated rings. The summed E-state index contributed by atoms with van der Waals surface area (Å²) in [5.74, 6) is 0.106. The standard InChI is InChI=1S/C22H22N2O3/c1-14-6-7-17(25)11-19(14)22(26)24-21-13-27-12-16(21)10-15-8-9-23-20-5-3-2-4-18(15)20/h2-9,11,16,21,25H,10,12-13H2,1H3,(H,24,26)/t16-,21+/m1/s1. The molecule has 1 aliphatic rings. The molecule has 0 bridgehead atoms. The third kappa shape index (κ3) is 3.64. The SMILES string of the molecule is Cc1ccc(O)cc1C(=O)N[C@H]1COC[C@H]1Cc1ccnc2ccccc12. The minimum Gasteiger partial charge on any atom is -0.508 e. The molecule has 0 spiro atoms. The van der Waals surface area contributed by atoms with Crippen molar-refractivity contribution in [3.8, 4) is 5.75 Å². The van der Waals surface area contributed by atoms with Crippen molar-refractivity contribution in [1.82, 2.24) is 10.3 Å². The predicted molar refractivity (Wildman–Crippen MR) is 104 cm³/mol. The normalized spacial score (nSPS) is 19.3. The van der Waals surface area contributed by atoms with Crippen molar-refractivity contribution in [2.24, 2.45) is 5.92 Å². The Kier molecular flexibility index (Phi) is 4.77. The molecule has 1 saturated heterocycles. The summed E-state index contributed by atoms with van der Waals surface area (Å²) in [6.45, 7) is 2.97. The van der Waals surface area contributed by atoms with E-state index in [0.29, 0.717) is 18.8 Å². The molecule has 0 radical (unpaired) electrons. The Morgan fingerprint density at radius 2 is 2.07 bits per heavy atom. The molecular weight excluding hydrogens is 340 g/mol. The second kappa shape index (κ2) is 7.37. The monoisotopic (exact) mass is 362 g/mol. The first-order valence-corrected chi connectivity index (χ1v) is 9.12. The molecule has 2 N–H and O–H groups in total. The number of nitrogens with zero attached hydrogens (tertiary/aromatic N) is 1. The number of aryl methyl sites for hydroxylation is 1. The Labute approximate surface area is 158 Å². The van der Waals surface area contributed by atoms with Crippen molar-refractivity contribution >= 4 is 16.8 Å². The first-order valence-electron chi connectivity index (χ1n) is 9.12. The van der Waals surface area contributed by atoms with E-state index >= 15 is 0 Å². The van der Waals surface area contributed by atoms with Gasteiger partial charge < -0.3 is 15.2 Å². The summed E-state index contributed by atoms with van der Waals surface area (Å²) in [6.07, 6.45) is 2.64. The van der Waals surface area contributed by atoms with E-state index < -0.39 is 0 Å². The molecule has 0 unspecified atom stereocenters. The minimum atomic E-state index is -0.177. The molecular formula is C22H22N2O3. The van der Waals surface area contributed by atoms with Gasteiger partial charge in [-0.3, -0.25) is 9.78 Å². The van der Waals surface area contributed by atoms with E-state index in [0.717, 1.165) is 22.9 Å². The van der Waals surface area contributed by atoms with E-state index in [1.165, 1.54) is 11.6 Å². The van der Waals surface area contributed by atoms with Gasteiger partial charge in [-0.2, -0.15) is 0 Å². The fourth-order valence-electron chi connectivity index (χ4n) is 3.68. The first kappa shape index (κ1) is 17.5. The average molecular weight is 362 g/mol. The zero-order chi connectivity index (χ0) is 18.8. The smallest absolute Gasteiger partial charge is 0.251 e. The fraction of sp³-hybridized carbons (Fsp3) is 0.273. The third-order valence-corrected chi connectivity index (χ3v) is 5.20. The van der Waals surface area contributed by atoms with Gasteiger partial charge in [0.05, 0.1) is 24.8 Å². The number of aromatic hydroxyl groups is 1. The van der Waals surface area contributed by atoms with E-state index in [9.17, 15) is 9.90 Å². The highest BCUT2D eigenvalue weighted by Gasteiger charge is 2.30. The number of pyridine rings is 1. The lowest BCUT2D eigenvalue weighted by Crippen LogP contribution is -2.40. The lowest BCUT2D eigenvalue weighted by atomic mass is 9.93. The summed E-state index contributed by atoms with van der Waals surface area (Å²) in [7, 11) is 0. The largest absolute Gasteiger partial charge is 0.508 e. The number of rotatable bonds is 4. The van der Waals surface area contributed by atoms with Crippen molar-refractivity contribution in [3.63, 3.8) is 0 Å². The van der Waals surface area contributed by atoms with Gasteiger partial charge in [0.2, 0.25) is 0 Å². The van der Waals surface area contributed by atoms with Crippen molar-refractivity contribution < 1.29 is 14.6 Å². The van der Waals surface area contributed by atoms with Gasteiger partial charge in [-0.1, -0.05) is 24.3 Å². The third-order valence-electron chi connectivity index (χ3n) is 5.20. The van der Waals surface area contributed by atoms with E-state index in [1.54, 1.807) is 12.1 Å². The van der Waals surface area contributed by atoms with Gasteiger partial charge in [-0.05, 0) is 48.7 Å². The van der Waals surface area contributed by atoms with Crippen LogP contribution in [0.5, 0.6) is 5.75 Å². The van der Waals surface area contributed by atoms with Crippen LogP contribution >= 0.6 is 0 Å². The summed E-state index contributed by atoms with van der Waals surface area (Å²) in [6, 6.07) is 14.9. The summed E-state index contributed by atoms with van der Waals surface area (Å²) in [5.41, 5.74) is 3.52. The molecule has 2 heterocycles. The summed E-state index contributed by atoms with van der Waals surface area (Å²) in [4.78, 5) is 17.1. The maximum Gasteiger partial charge on any atom is 0.251 e. The number of carbonyl (C=O) groups excluding carboxylic acids is 1. The average Bonchev–Trinajstić information content (AvgIpc) is 3.10. The van der Waals surface area contributed by atoms with Crippen LogP contribution in [0.15, 0.2) is 54.7 Å². The number of aromatic nitrogens is 1. The quantitative estimate of drug-likeness (QED) is 0.747. The Balaban J connectivity index is 1.52. The van der Waals surface area contributed by atoms with E-state index in [-0.39, 0.29) is 23.6 Å². The molecule has 1 aliphatic heterocycles. The van der Waals surface area contributed by atoms with Crippen LogP contribution in [0.4, 0.5) is 0 Å². The molecule has 2 aromatic carbocycles. The van der Waals surface area contributed by atoms with Gasteiger partial charge >= 0.3 is 0 Å². The molecule has 0 aliphatic carbocycles. The Bertz CT molecular complexity index is 981. The highest BCUT2D eigenvalue weighted by Crippen LogP contribution is 2.25. The zero-order valence-corrected chi connectivity index (χ0v) is 15.2. The number of amides is 1. The Morgan fingerprint density at radius 1 is 1.22 bits per heavy atom. The second-order valence-corrected chi connectivity index (χ2v) is 7.07. The Morgan fingerprint density at radius 3 is 2.96 bits per heavy atom. The topological polar surface area (TPSA) is 71.5 Å². The van der Waals surface area contributed by atoms with Gasteiger partial charge in [0.15, 0.2) is 0 Å². The van der Waals surface area contributed by atoms with Crippen LogP contribution in [0.25, 0.3) is 10.9 Å². The molecule has 5 heteroatoms. The van der Waals surface area contributed by atoms with Gasteiger partial charge in [-0.25, -0.2) is 0 Å². The van der Waals surface area contributed by atoms with Crippen molar-refractivity contribution in [2.45, 2.75) is 19.4 Å². The van der Waals surface area contributed by atoms with Crippen LogP contribution in [0.3, 0.4) is 0 Å². The van der Waals surface area contributed by atoms with Crippen molar-refractivity contribution in [1.29, 1.82) is 0 Å². The number of carbonyl (C=O) groups is 1. The van der Waals surface area contributed by atoms with Gasteiger partial charge in [0.1, 0.15) is 5.75 Å². The van der Waals surface area contributed by atoms with Crippen LogP contribution < -0.4 is 5.32 Å². The second-order valence-electron chi connectivity index (χ2n) is 7.07. The molecule has 1 amide bonds. The van der Waals surface area contributed by atoms with Crippen molar-refractivity contribution in [3.05, 3.63) is 71.4 Å². The molecule has 2 atom stereocenters. The van der Waals surface area contributed by atoms with Crippen molar-refractivity contribution in [2.75, 3.05) is 13.2 Å². The number of fused-ring (bicyclic) bond motifs is 1. The van der Waals surface area contributed by atoms with Crippen LogP contribution in [0, 0.1) is 12.8 Å². The zero-order valence-electron chi connectivity index (χ0n) is 15.2.